The Balaban J connectivity index is 0. The van der Waals surface area contributed by atoms with Crippen LogP contribution in [0.4, 0.5) is 9.59 Å². The van der Waals surface area contributed by atoms with Crippen molar-refractivity contribution in [3.05, 3.63) is 0 Å². The first-order valence-electron chi connectivity index (χ1n) is 4.81. The second-order valence-electron chi connectivity index (χ2n) is 5.30. The number of hydrogen-bond acceptors (Lipinski definition) is 2. The van der Waals surface area contributed by atoms with E-state index in [0.29, 0.717) is 0 Å². The number of rotatable bonds is 0. The van der Waals surface area contributed by atoms with E-state index in [9.17, 15) is 4.79 Å². The standard InChI is InChI=1S/C9H19NO2.CH3NO2/c1-8(2,3)10(7(11)12)9(4,5)6;2-1(3)4/h1-6H3,(H,11,12);2H2,(H,3,4). The van der Waals surface area contributed by atoms with E-state index in [2.05, 4.69) is 5.73 Å². The maximum atomic E-state index is 10.9. The SMILES string of the molecule is CC(C)(C)N(C(=O)O)C(C)(C)C.NC(=O)O. The summed E-state index contributed by atoms with van der Waals surface area (Å²) < 4.78 is 0. The highest BCUT2D eigenvalue weighted by Crippen LogP contribution is 2.24. The molecule has 0 saturated carbocycles. The zero-order valence-electron chi connectivity index (χ0n) is 10.7. The summed E-state index contributed by atoms with van der Waals surface area (Å²) in [6, 6.07) is 0. The fourth-order valence-corrected chi connectivity index (χ4v) is 1.58. The van der Waals surface area contributed by atoms with Crippen molar-refractivity contribution in [1.29, 1.82) is 0 Å². The molecule has 16 heavy (non-hydrogen) atoms. The Morgan fingerprint density at radius 3 is 1.12 bits per heavy atom. The molecule has 6 heteroatoms. The fraction of sp³-hybridized carbons (Fsp3) is 0.800. The normalized spacial score (nSPS) is 11.1. The summed E-state index contributed by atoms with van der Waals surface area (Å²) in [5, 5.41) is 16.2. The predicted octanol–water partition coefficient (Wildman–Crippen LogP) is 2.19. The lowest BCUT2D eigenvalue weighted by atomic mass is 9.97. The van der Waals surface area contributed by atoms with Crippen molar-refractivity contribution in [3.63, 3.8) is 0 Å². The van der Waals surface area contributed by atoms with Gasteiger partial charge in [-0.1, -0.05) is 0 Å². The lowest BCUT2D eigenvalue weighted by Gasteiger charge is -2.43. The quantitative estimate of drug-likeness (QED) is 0.597. The summed E-state index contributed by atoms with van der Waals surface area (Å²) in [6.07, 6.45) is -2.20. The Hall–Kier alpha value is -1.46. The number of hydrogen-bond donors (Lipinski definition) is 3. The van der Waals surface area contributed by atoms with E-state index in [1.165, 1.54) is 4.90 Å². The minimum Gasteiger partial charge on any atom is -0.465 e. The van der Waals surface area contributed by atoms with Gasteiger partial charge in [0.05, 0.1) is 0 Å². The molecule has 0 spiro atoms. The summed E-state index contributed by atoms with van der Waals surface area (Å²) in [7, 11) is 0. The molecule has 0 saturated heterocycles. The smallest absolute Gasteiger partial charge is 0.408 e. The lowest BCUT2D eigenvalue weighted by molar-refractivity contribution is 0.0419. The van der Waals surface area contributed by atoms with Crippen molar-refractivity contribution in [2.45, 2.75) is 52.6 Å². The molecular formula is C10H22N2O4. The summed E-state index contributed by atoms with van der Waals surface area (Å²) in [4.78, 5) is 21.2. The first kappa shape index (κ1) is 17.0. The van der Waals surface area contributed by atoms with Crippen molar-refractivity contribution in [1.82, 2.24) is 4.90 Å². The van der Waals surface area contributed by atoms with Crippen LogP contribution in [0.5, 0.6) is 0 Å². The third-order valence-corrected chi connectivity index (χ3v) is 1.53. The van der Waals surface area contributed by atoms with Gasteiger partial charge >= 0.3 is 12.2 Å². The van der Waals surface area contributed by atoms with Crippen LogP contribution in [-0.2, 0) is 0 Å². The number of nitrogens with zero attached hydrogens (tertiary/aromatic N) is 1. The lowest BCUT2D eigenvalue weighted by Crippen LogP contribution is -2.55. The Kier molecular flexibility index (Phi) is 5.91. The molecule has 0 unspecified atom stereocenters. The van der Waals surface area contributed by atoms with Gasteiger partial charge in [-0.25, -0.2) is 9.59 Å². The maximum Gasteiger partial charge on any atom is 0.408 e. The van der Waals surface area contributed by atoms with Gasteiger partial charge in [0.15, 0.2) is 0 Å². The zero-order chi connectivity index (χ0) is 13.7. The Labute approximate surface area is 96.0 Å². The first-order chi connectivity index (χ1) is 6.80. The molecule has 0 aliphatic rings. The summed E-state index contributed by atoms with van der Waals surface area (Å²) in [6.45, 7) is 11.4. The van der Waals surface area contributed by atoms with Gasteiger partial charge in [0, 0.05) is 11.1 Å². The fourth-order valence-electron chi connectivity index (χ4n) is 1.58. The van der Waals surface area contributed by atoms with Gasteiger partial charge in [-0.3, -0.25) is 4.90 Å². The van der Waals surface area contributed by atoms with Crippen LogP contribution < -0.4 is 5.73 Å². The van der Waals surface area contributed by atoms with E-state index in [-0.39, 0.29) is 11.1 Å². The average molecular weight is 234 g/mol. The molecule has 0 fully saturated rings. The Morgan fingerprint density at radius 1 is 0.938 bits per heavy atom. The summed E-state index contributed by atoms with van der Waals surface area (Å²) in [5.74, 6) is 0. The molecule has 0 heterocycles. The predicted molar refractivity (Wildman–Crippen MR) is 61.6 cm³/mol. The van der Waals surface area contributed by atoms with Gasteiger partial charge < -0.3 is 15.9 Å². The molecule has 0 aliphatic heterocycles. The second-order valence-corrected chi connectivity index (χ2v) is 5.30. The molecule has 0 rings (SSSR count). The molecule has 6 nitrogen and oxygen atoms in total. The zero-order valence-corrected chi connectivity index (χ0v) is 10.7. The number of primary amides is 1. The highest BCUT2D eigenvalue weighted by atomic mass is 16.4. The minimum atomic E-state index is -1.33. The van der Waals surface area contributed by atoms with Gasteiger partial charge in [-0.05, 0) is 41.5 Å². The van der Waals surface area contributed by atoms with E-state index in [1.807, 2.05) is 41.5 Å². The molecule has 0 aromatic carbocycles. The van der Waals surface area contributed by atoms with Gasteiger partial charge in [-0.2, -0.15) is 0 Å². The highest BCUT2D eigenvalue weighted by Gasteiger charge is 2.35. The maximum absolute atomic E-state index is 10.9. The third kappa shape index (κ3) is 7.90. The van der Waals surface area contributed by atoms with Gasteiger partial charge in [0.2, 0.25) is 0 Å². The van der Waals surface area contributed by atoms with Crippen molar-refractivity contribution < 1.29 is 19.8 Å². The molecule has 4 N–H and O–H groups in total. The van der Waals surface area contributed by atoms with Crippen LogP contribution in [0.15, 0.2) is 0 Å². The molecule has 0 atom stereocenters. The Morgan fingerprint density at radius 2 is 1.12 bits per heavy atom. The largest absolute Gasteiger partial charge is 0.465 e. The molecular weight excluding hydrogens is 212 g/mol. The highest BCUT2D eigenvalue weighted by molar-refractivity contribution is 5.67. The van der Waals surface area contributed by atoms with Crippen LogP contribution in [0.1, 0.15) is 41.5 Å². The molecule has 0 aliphatic carbocycles. The van der Waals surface area contributed by atoms with E-state index in [1.54, 1.807) is 0 Å². The van der Waals surface area contributed by atoms with Gasteiger partial charge in [-0.15, -0.1) is 0 Å². The second kappa shape index (κ2) is 5.58. The van der Waals surface area contributed by atoms with E-state index >= 15 is 0 Å². The van der Waals surface area contributed by atoms with Crippen molar-refractivity contribution in [3.8, 4) is 0 Å². The molecule has 0 radical (unpaired) electrons. The van der Waals surface area contributed by atoms with E-state index in [0.717, 1.165) is 0 Å². The van der Waals surface area contributed by atoms with E-state index in [4.69, 9.17) is 15.0 Å². The third-order valence-electron chi connectivity index (χ3n) is 1.53. The Bertz CT molecular complexity index is 233. The minimum absolute atomic E-state index is 0.343. The van der Waals surface area contributed by atoms with Gasteiger partial charge in [0.25, 0.3) is 0 Å². The van der Waals surface area contributed by atoms with Crippen LogP contribution in [0.2, 0.25) is 0 Å². The van der Waals surface area contributed by atoms with E-state index < -0.39 is 12.2 Å². The monoisotopic (exact) mass is 234 g/mol. The molecule has 96 valence electrons. The number of amides is 2. The average Bonchev–Trinajstić information content (AvgIpc) is 1.73. The number of carbonyl (C=O) groups is 2. The number of carboxylic acid groups (broad SMARTS) is 2. The topological polar surface area (TPSA) is 104 Å². The van der Waals surface area contributed by atoms with Crippen LogP contribution in [0.25, 0.3) is 0 Å². The summed E-state index contributed by atoms with van der Waals surface area (Å²) in [5.41, 5.74) is 3.34. The van der Waals surface area contributed by atoms with Crippen molar-refractivity contribution >= 4 is 12.2 Å². The molecule has 0 aromatic rings. The molecule has 0 bridgehead atoms. The summed E-state index contributed by atoms with van der Waals surface area (Å²) >= 11 is 0. The van der Waals surface area contributed by atoms with Crippen molar-refractivity contribution in [2.24, 2.45) is 5.73 Å². The van der Waals surface area contributed by atoms with Crippen LogP contribution >= 0.6 is 0 Å². The van der Waals surface area contributed by atoms with Crippen molar-refractivity contribution in [2.75, 3.05) is 0 Å². The molecule has 0 aromatic heterocycles. The number of nitrogens with two attached hydrogens (primary N) is 1. The first-order valence-corrected chi connectivity index (χ1v) is 4.81. The van der Waals surface area contributed by atoms with Gasteiger partial charge in [0.1, 0.15) is 0 Å². The van der Waals surface area contributed by atoms with Crippen LogP contribution in [-0.4, -0.2) is 38.4 Å². The molecule has 2 amide bonds. The van der Waals surface area contributed by atoms with Crippen LogP contribution in [0, 0.1) is 0 Å². The van der Waals surface area contributed by atoms with Crippen LogP contribution in [0.3, 0.4) is 0 Å².